The molecule has 4 nitrogen and oxygen atoms in total. The van der Waals surface area contributed by atoms with Crippen molar-refractivity contribution in [3.8, 4) is 0 Å². The summed E-state index contributed by atoms with van der Waals surface area (Å²) < 4.78 is 49.3. The molecule has 0 fully saturated rings. The second-order valence-electron chi connectivity index (χ2n) is 3.81. The maximum Gasteiger partial charge on any atom is 0.383 e. The van der Waals surface area contributed by atoms with Crippen molar-refractivity contribution in [2.45, 2.75) is 19.3 Å². The largest absolute Gasteiger partial charge is 0.383 e. The molecule has 0 atom stereocenters. The van der Waals surface area contributed by atoms with Crippen LogP contribution in [0.4, 0.5) is 23.2 Å². The van der Waals surface area contributed by atoms with Crippen molar-refractivity contribution in [1.29, 1.82) is 0 Å². The summed E-state index contributed by atoms with van der Waals surface area (Å²) in [5.41, 5.74) is 0.147. The van der Waals surface area contributed by atoms with Gasteiger partial charge in [-0.2, -0.15) is 8.78 Å². The topological polar surface area (TPSA) is 58.2 Å². The number of amides is 2. The molecule has 0 saturated heterocycles. The Morgan fingerprint density at radius 1 is 1.20 bits per heavy atom. The van der Waals surface area contributed by atoms with Crippen molar-refractivity contribution < 1.29 is 27.2 Å². The summed E-state index contributed by atoms with van der Waals surface area (Å²) in [5.74, 6) is -7.24. The molecule has 110 valence electrons. The fourth-order valence-electron chi connectivity index (χ4n) is 1.28. The first kappa shape index (κ1) is 15.9. The van der Waals surface area contributed by atoms with E-state index in [9.17, 15) is 27.2 Å². The van der Waals surface area contributed by atoms with Gasteiger partial charge in [0.2, 0.25) is 0 Å². The summed E-state index contributed by atoms with van der Waals surface area (Å²) >= 11 is 0. The van der Waals surface area contributed by atoms with Crippen LogP contribution in [-0.2, 0) is 4.79 Å². The van der Waals surface area contributed by atoms with Crippen LogP contribution in [-0.4, -0.2) is 30.7 Å². The van der Waals surface area contributed by atoms with Crippen molar-refractivity contribution in [3.05, 3.63) is 29.8 Å². The molecule has 0 saturated carbocycles. The minimum Gasteiger partial charge on any atom is -0.352 e. The van der Waals surface area contributed by atoms with E-state index in [-0.39, 0.29) is 17.2 Å². The van der Waals surface area contributed by atoms with Gasteiger partial charge in [0.15, 0.2) is 0 Å². The van der Waals surface area contributed by atoms with Crippen LogP contribution in [0.2, 0.25) is 0 Å². The zero-order chi connectivity index (χ0) is 15.3. The molecule has 0 radical (unpaired) electrons. The summed E-state index contributed by atoms with van der Waals surface area (Å²) in [5, 5.41) is 4.18. The fourth-order valence-corrected chi connectivity index (χ4v) is 1.28. The molecule has 0 heterocycles. The Morgan fingerprint density at radius 3 is 2.20 bits per heavy atom. The molecule has 0 aliphatic carbocycles. The molecular formula is C12H12F4N2O2. The lowest BCUT2D eigenvalue weighted by molar-refractivity contribution is -0.163. The number of anilines is 1. The summed E-state index contributed by atoms with van der Waals surface area (Å²) in [6.07, 6.45) is -4.09. The van der Waals surface area contributed by atoms with Gasteiger partial charge in [-0.1, -0.05) is 0 Å². The third kappa shape index (κ3) is 3.69. The SMILES string of the molecule is CCNC(=O)c1ccc(NC(=O)C(F)(F)C(F)F)cc1. The molecule has 2 amide bonds. The van der Waals surface area contributed by atoms with Crippen LogP contribution < -0.4 is 10.6 Å². The Morgan fingerprint density at radius 2 is 1.75 bits per heavy atom. The monoisotopic (exact) mass is 292 g/mol. The summed E-state index contributed by atoms with van der Waals surface area (Å²) in [6.45, 7) is 2.14. The van der Waals surface area contributed by atoms with Crippen molar-refractivity contribution in [2.75, 3.05) is 11.9 Å². The number of carbonyl (C=O) groups is 2. The minimum absolute atomic E-state index is 0.108. The van der Waals surface area contributed by atoms with E-state index in [2.05, 4.69) is 5.32 Å². The van der Waals surface area contributed by atoms with Crippen molar-refractivity contribution in [3.63, 3.8) is 0 Å². The van der Waals surface area contributed by atoms with E-state index in [4.69, 9.17) is 0 Å². The second-order valence-corrected chi connectivity index (χ2v) is 3.81. The van der Waals surface area contributed by atoms with Gasteiger partial charge in [-0.15, -0.1) is 0 Å². The molecule has 0 bridgehead atoms. The van der Waals surface area contributed by atoms with Crippen LogP contribution in [0.25, 0.3) is 0 Å². The molecule has 0 unspecified atom stereocenters. The average molecular weight is 292 g/mol. The van der Waals surface area contributed by atoms with Crippen LogP contribution in [0.3, 0.4) is 0 Å². The maximum atomic E-state index is 12.7. The van der Waals surface area contributed by atoms with Crippen LogP contribution in [0.1, 0.15) is 17.3 Å². The van der Waals surface area contributed by atoms with E-state index in [1.54, 1.807) is 12.2 Å². The van der Waals surface area contributed by atoms with Gasteiger partial charge in [-0.05, 0) is 31.2 Å². The Hall–Kier alpha value is -2.12. The van der Waals surface area contributed by atoms with Gasteiger partial charge in [0.1, 0.15) is 0 Å². The van der Waals surface area contributed by atoms with Crippen molar-refractivity contribution in [1.82, 2.24) is 5.32 Å². The highest BCUT2D eigenvalue weighted by atomic mass is 19.3. The van der Waals surface area contributed by atoms with E-state index in [1.807, 2.05) is 0 Å². The Bertz CT molecular complexity index is 489. The van der Waals surface area contributed by atoms with Crippen LogP contribution in [0.15, 0.2) is 24.3 Å². The molecule has 1 rings (SSSR count). The standard InChI is InChI=1S/C12H12F4N2O2/c1-2-17-9(19)7-3-5-8(6-4-7)18-11(20)12(15,16)10(13)14/h3-6,10H,2H2,1H3,(H,17,19)(H,18,20). The van der Waals surface area contributed by atoms with Crippen molar-refractivity contribution in [2.24, 2.45) is 0 Å². The molecule has 1 aromatic rings. The van der Waals surface area contributed by atoms with Gasteiger partial charge in [0.05, 0.1) is 0 Å². The van der Waals surface area contributed by atoms with Gasteiger partial charge in [0.25, 0.3) is 5.91 Å². The molecule has 0 aromatic heterocycles. The highest BCUT2D eigenvalue weighted by Crippen LogP contribution is 2.24. The second kappa shape index (κ2) is 6.36. The fraction of sp³-hybridized carbons (Fsp3) is 0.333. The van der Waals surface area contributed by atoms with E-state index in [0.717, 1.165) is 0 Å². The molecule has 0 aliphatic rings. The molecule has 20 heavy (non-hydrogen) atoms. The van der Waals surface area contributed by atoms with E-state index < -0.39 is 18.3 Å². The predicted molar refractivity (Wildman–Crippen MR) is 64.0 cm³/mol. The first-order valence-electron chi connectivity index (χ1n) is 5.64. The smallest absolute Gasteiger partial charge is 0.352 e. The zero-order valence-corrected chi connectivity index (χ0v) is 10.4. The van der Waals surface area contributed by atoms with Gasteiger partial charge in [0, 0.05) is 17.8 Å². The third-order valence-corrected chi connectivity index (χ3v) is 2.32. The highest BCUT2D eigenvalue weighted by Gasteiger charge is 2.48. The zero-order valence-electron chi connectivity index (χ0n) is 10.4. The molecule has 8 heteroatoms. The molecule has 2 N–H and O–H groups in total. The van der Waals surface area contributed by atoms with Gasteiger partial charge in [-0.25, -0.2) is 8.78 Å². The quantitative estimate of drug-likeness (QED) is 0.818. The summed E-state index contributed by atoms with van der Waals surface area (Å²) in [4.78, 5) is 22.4. The Labute approximate surface area is 112 Å². The van der Waals surface area contributed by atoms with Gasteiger partial charge < -0.3 is 10.6 Å². The van der Waals surface area contributed by atoms with Crippen LogP contribution in [0.5, 0.6) is 0 Å². The molecule has 1 aromatic carbocycles. The van der Waals surface area contributed by atoms with E-state index in [1.165, 1.54) is 24.3 Å². The molecular weight excluding hydrogens is 280 g/mol. The first-order valence-corrected chi connectivity index (χ1v) is 5.64. The molecule has 0 spiro atoms. The van der Waals surface area contributed by atoms with Crippen LogP contribution >= 0.6 is 0 Å². The highest BCUT2D eigenvalue weighted by molar-refractivity contribution is 5.98. The maximum absolute atomic E-state index is 12.7. The lowest BCUT2D eigenvalue weighted by Crippen LogP contribution is -2.40. The normalized spacial score (nSPS) is 11.3. The lowest BCUT2D eigenvalue weighted by atomic mass is 10.2. The average Bonchev–Trinajstić information content (AvgIpc) is 2.39. The summed E-state index contributed by atoms with van der Waals surface area (Å²) in [6, 6.07) is 4.90. The number of alkyl halides is 4. The third-order valence-electron chi connectivity index (χ3n) is 2.32. The van der Waals surface area contributed by atoms with E-state index >= 15 is 0 Å². The number of hydrogen-bond donors (Lipinski definition) is 2. The minimum atomic E-state index is -4.77. The Kier molecular flexibility index (Phi) is 5.06. The number of rotatable bonds is 5. The number of carbonyl (C=O) groups excluding carboxylic acids is 2. The van der Waals surface area contributed by atoms with Gasteiger partial charge >= 0.3 is 18.3 Å². The lowest BCUT2D eigenvalue weighted by Gasteiger charge is -2.14. The first-order chi connectivity index (χ1) is 9.28. The number of halogens is 4. The van der Waals surface area contributed by atoms with Crippen LogP contribution in [0, 0.1) is 0 Å². The number of benzene rings is 1. The Balaban J connectivity index is 2.76. The number of hydrogen-bond acceptors (Lipinski definition) is 2. The van der Waals surface area contributed by atoms with E-state index in [0.29, 0.717) is 6.54 Å². The molecule has 0 aliphatic heterocycles. The number of nitrogens with one attached hydrogen (secondary N) is 2. The summed E-state index contributed by atoms with van der Waals surface area (Å²) in [7, 11) is 0. The predicted octanol–water partition coefficient (Wildman–Crippen LogP) is 2.28. The van der Waals surface area contributed by atoms with Crippen molar-refractivity contribution >= 4 is 17.5 Å². The van der Waals surface area contributed by atoms with Gasteiger partial charge in [-0.3, -0.25) is 9.59 Å².